The molecule has 0 radical (unpaired) electrons. The van der Waals surface area contributed by atoms with Crippen LogP contribution in [0.15, 0.2) is 53.6 Å². The Morgan fingerprint density at radius 3 is 2.62 bits per heavy atom. The van der Waals surface area contributed by atoms with E-state index in [1.54, 1.807) is 12.1 Å². The number of rotatable bonds is 4. The fourth-order valence-electron chi connectivity index (χ4n) is 3.37. The Balaban J connectivity index is 1.72. The summed E-state index contributed by atoms with van der Waals surface area (Å²) in [6, 6.07) is 11.3. The SMILES string of the molecule is CC(=O)c1ccc(S(=O)(=O)N2CCCC2c2nnc3ccccn23)cc1. The number of aromatic nitrogens is 3. The Hall–Kier alpha value is -2.58. The van der Waals surface area contributed by atoms with Gasteiger partial charge in [0.05, 0.1) is 10.9 Å². The maximum absolute atomic E-state index is 13.1. The van der Waals surface area contributed by atoms with Crippen molar-refractivity contribution in [2.45, 2.75) is 30.7 Å². The Labute approximate surface area is 151 Å². The molecule has 0 saturated carbocycles. The van der Waals surface area contributed by atoms with Crippen molar-refractivity contribution in [2.75, 3.05) is 6.54 Å². The first-order valence-electron chi connectivity index (χ1n) is 8.41. The first-order chi connectivity index (χ1) is 12.5. The summed E-state index contributed by atoms with van der Waals surface area (Å²) in [4.78, 5) is 11.6. The van der Waals surface area contributed by atoms with Crippen LogP contribution >= 0.6 is 0 Å². The number of pyridine rings is 1. The topological polar surface area (TPSA) is 84.6 Å². The van der Waals surface area contributed by atoms with Gasteiger partial charge in [0.15, 0.2) is 17.3 Å². The lowest BCUT2D eigenvalue weighted by atomic mass is 10.2. The molecule has 7 nitrogen and oxygen atoms in total. The van der Waals surface area contributed by atoms with Crippen LogP contribution in [0.2, 0.25) is 0 Å². The van der Waals surface area contributed by atoms with Gasteiger partial charge in [0, 0.05) is 18.3 Å². The van der Waals surface area contributed by atoms with Crippen molar-refractivity contribution in [2.24, 2.45) is 0 Å². The van der Waals surface area contributed by atoms with Gasteiger partial charge in [0.1, 0.15) is 0 Å². The van der Waals surface area contributed by atoms with E-state index in [1.807, 2.05) is 28.8 Å². The lowest BCUT2D eigenvalue weighted by molar-refractivity contribution is 0.101. The zero-order valence-electron chi connectivity index (χ0n) is 14.2. The normalized spacial score (nSPS) is 18.4. The third-order valence-electron chi connectivity index (χ3n) is 4.71. The zero-order chi connectivity index (χ0) is 18.3. The van der Waals surface area contributed by atoms with Crippen LogP contribution in [0.25, 0.3) is 5.65 Å². The molecule has 1 unspecified atom stereocenters. The van der Waals surface area contributed by atoms with Crippen LogP contribution in [0.1, 0.15) is 42.0 Å². The van der Waals surface area contributed by atoms with Crippen molar-refractivity contribution >= 4 is 21.5 Å². The van der Waals surface area contributed by atoms with E-state index in [1.165, 1.54) is 23.4 Å². The first kappa shape index (κ1) is 16.9. The molecule has 26 heavy (non-hydrogen) atoms. The molecule has 1 saturated heterocycles. The van der Waals surface area contributed by atoms with Crippen molar-refractivity contribution in [3.63, 3.8) is 0 Å². The quantitative estimate of drug-likeness (QED) is 0.659. The number of Topliss-reactive ketones (excluding diaryl/α,β-unsaturated/α-hetero) is 1. The smallest absolute Gasteiger partial charge is 0.243 e. The molecule has 3 aromatic rings. The van der Waals surface area contributed by atoms with E-state index in [0.717, 1.165) is 6.42 Å². The number of carbonyl (C=O) groups is 1. The number of fused-ring (bicyclic) bond motifs is 1. The molecule has 0 amide bonds. The molecule has 0 aliphatic carbocycles. The molecule has 1 atom stereocenters. The highest BCUT2D eigenvalue weighted by Gasteiger charge is 2.38. The highest BCUT2D eigenvalue weighted by atomic mass is 32.2. The maximum Gasteiger partial charge on any atom is 0.243 e. The number of benzene rings is 1. The number of nitrogens with zero attached hydrogens (tertiary/aromatic N) is 4. The molecule has 1 fully saturated rings. The summed E-state index contributed by atoms with van der Waals surface area (Å²) >= 11 is 0. The molecule has 1 aromatic carbocycles. The van der Waals surface area contributed by atoms with Crippen molar-refractivity contribution < 1.29 is 13.2 Å². The lowest BCUT2D eigenvalue weighted by Crippen LogP contribution is -2.31. The van der Waals surface area contributed by atoms with Gasteiger partial charge < -0.3 is 0 Å². The molecule has 2 aromatic heterocycles. The summed E-state index contributed by atoms with van der Waals surface area (Å²) in [6.07, 6.45) is 3.30. The second-order valence-electron chi connectivity index (χ2n) is 6.34. The maximum atomic E-state index is 13.1. The minimum absolute atomic E-state index is 0.0945. The zero-order valence-corrected chi connectivity index (χ0v) is 15.1. The van der Waals surface area contributed by atoms with Crippen LogP contribution in [-0.2, 0) is 10.0 Å². The summed E-state index contributed by atoms with van der Waals surface area (Å²) in [5.74, 6) is 0.532. The third kappa shape index (κ3) is 2.71. The highest BCUT2D eigenvalue weighted by molar-refractivity contribution is 7.89. The van der Waals surface area contributed by atoms with Crippen molar-refractivity contribution in [1.29, 1.82) is 0 Å². The van der Waals surface area contributed by atoms with Gasteiger partial charge in [-0.2, -0.15) is 4.31 Å². The molecular weight excluding hydrogens is 352 g/mol. The van der Waals surface area contributed by atoms with Gasteiger partial charge in [0.2, 0.25) is 10.0 Å². The molecule has 0 N–H and O–H groups in total. The average molecular weight is 370 g/mol. The fraction of sp³-hybridized carbons (Fsp3) is 0.278. The van der Waals surface area contributed by atoms with E-state index in [-0.39, 0.29) is 16.7 Å². The molecular formula is C18H18N4O3S. The van der Waals surface area contributed by atoms with E-state index >= 15 is 0 Å². The molecule has 1 aliphatic heterocycles. The van der Waals surface area contributed by atoms with E-state index in [9.17, 15) is 13.2 Å². The Morgan fingerprint density at radius 1 is 1.12 bits per heavy atom. The van der Waals surface area contributed by atoms with Crippen LogP contribution in [0.4, 0.5) is 0 Å². The Kier molecular flexibility index (Phi) is 4.08. The van der Waals surface area contributed by atoms with Crippen LogP contribution in [0.5, 0.6) is 0 Å². The average Bonchev–Trinajstić information content (AvgIpc) is 3.28. The molecule has 0 spiro atoms. The van der Waals surface area contributed by atoms with Gasteiger partial charge in [-0.1, -0.05) is 18.2 Å². The van der Waals surface area contributed by atoms with Gasteiger partial charge >= 0.3 is 0 Å². The number of hydrogen-bond donors (Lipinski definition) is 0. The molecule has 3 heterocycles. The second kappa shape index (κ2) is 6.30. The summed E-state index contributed by atoms with van der Waals surface area (Å²) in [7, 11) is -3.68. The summed E-state index contributed by atoms with van der Waals surface area (Å²) in [5.41, 5.74) is 1.18. The summed E-state index contributed by atoms with van der Waals surface area (Å²) in [5, 5.41) is 8.37. The highest BCUT2D eigenvalue weighted by Crippen LogP contribution is 2.35. The molecule has 4 rings (SSSR count). The van der Waals surface area contributed by atoms with Gasteiger partial charge in [-0.3, -0.25) is 9.20 Å². The number of carbonyl (C=O) groups excluding carboxylic acids is 1. The fourth-order valence-corrected chi connectivity index (χ4v) is 5.02. The molecule has 0 bridgehead atoms. The first-order valence-corrected chi connectivity index (χ1v) is 9.85. The van der Waals surface area contributed by atoms with Crippen LogP contribution in [-0.4, -0.2) is 39.6 Å². The van der Waals surface area contributed by atoms with E-state index in [0.29, 0.717) is 30.0 Å². The minimum atomic E-state index is -3.68. The predicted molar refractivity (Wildman–Crippen MR) is 95.3 cm³/mol. The largest absolute Gasteiger partial charge is 0.295 e. The van der Waals surface area contributed by atoms with Crippen molar-refractivity contribution in [1.82, 2.24) is 18.9 Å². The van der Waals surface area contributed by atoms with Gasteiger partial charge in [0.25, 0.3) is 0 Å². The van der Waals surface area contributed by atoms with Gasteiger partial charge in [-0.05, 0) is 44.0 Å². The molecule has 8 heteroatoms. The standard InChI is InChI=1S/C18H18N4O3S/c1-13(23)14-7-9-15(10-8-14)26(24,25)22-12-4-5-16(22)18-20-19-17-6-2-3-11-21(17)18/h2-3,6-11,16H,4-5,12H2,1H3. The second-order valence-corrected chi connectivity index (χ2v) is 8.23. The number of hydrogen-bond acceptors (Lipinski definition) is 5. The van der Waals surface area contributed by atoms with E-state index < -0.39 is 10.0 Å². The monoisotopic (exact) mass is 370 g/mol. The van der Waals surface area contributed by atoms with E-state index in [2.05, 4.69) is 10.2 Å². The Morgan fingerprint density at radius 2 is 1.88 bits per heavy atom. The molecule has 1 aliphatic rings. The molecule has 134 valence electrons. The van der Waals surface area contributed by atoms with E-state index in [4.69, 9.17) is 0 Å². The van der Waals surface area contributed by atoms with Gasteiger partial charge in [-0.25, -0.2) is 8.42 Å². The van der Waals surface area contributed by atoms with Crippen LogP contribution in [0, 0.1) is 0 Å². The third-order valence-corrected chi connectivity index (χ3v) is 6.63. The predicted octanol–water partition coefficient (Wildman–Crippen LogP) is 2.46. The lowest BCUT2D eigenvalue weighted by Gasteiger charge is -2.23. The minimum Gasteiger partial charge on any atom is -0.295 e. The van der Waals surface area contributed by atoms with Crippen molar-refractivity contribution in [3.05, 3.63) is 60.0 Å². The number of ketones is 1. The Bertz CT molecular complexity index is 1070. The number of sulfonamides is 1. The van der Waals surface area contributed by atoms with Crippen LogP contribution < -0.4 is 0 Å². The summed E-state index contributed by atoms with van der Waals surface area (Å²) < 4.78 is 29.6. The summed E-state index contributed by atoms with van der Waals surface area (Å²) in [6.45, 7) is 1.89. The van der Waals surface area contributed by atoms with Crippen molar-refractivity contribution in [3.8, 4) is 0 Å². The van der Waals surface area contributed by atoms with Gasteiger partial charge in [-0.15, -0.1) is 10.2 Å². The van der Waals surface area contributed by atoms with Crippen LogP contribution in [0.3, 0.4) is 0 Å².